The van der Waals surface area contributed by atoms with Crippen molar-refractivity contribution in [3.05, 3.63) is 17.5 Å². The van der Waals surface area contributed by atoms with Crippen LogP contribution in [0.25, 0.3) is 0 Å². The van der Waals surface area contributed by atoms with Gasteiger partial charge in [0.2, 0.25) is 0 Å². The third-order valence-electron chi connectivity index (χ3n) is 3.45. The van der Waals surface area contributed by atoms with Crippen LogP contribution in [0.4, 0.5) is 0 Å². The maximum atomic E-state index is 6.01. The molecule has 0 aromatic carbocycles. The van der Waals surface area contributed by atoms with Crippen molar-refractivity contribution in [2.24, 2.45) is 0 Å². The number of aromatic nitrogens is 2. The van der Waals surface area contributed by atoms with Crippen molar-refractivity contribution in [3.63, 3.8) is 0 Å². The van der Waals surface area contributed by atoms with E-state index in [0.717, 1.165) is 11.4 Å². The van der Waals surface area contributed by atoms with Crippen LogP contribution in [0.1, 0.15) is 17.6 Å². The fraction of sp³-hybridized carbons (Fsp3) is 0.769. The Morgan fingerprint density at radius 2 is 1.89 bits per heavy atom. The van der Waals surface area contributed by atoms with Gasteiger partial charge < -0.3 is 18.9 Å². The highest BCUT2D eigenvalue weighted by atomic mass is 16.6. The van der Waals surface area contributed by atoms with Gasteiger partial charge in [-0.2, -0.15) is 5.10 Å². The zero-order chi connectivity index (χ0) is 14.0. The van der Waals surface area contributed by atoms with Gasteiger partial charge in [-0.3, -0.25) is 0 Å². The largest absolute Gasteiger partial charge is 0.382 e. The molecule has 0 bridgehead atoms. The maximum Gasteiger partial charge on any atom is 0.179 e. The second kappa shape index (κ2) is 6.00. The molecule has 4 atom stereocenters. The van der Waals surface area contributed by atoms with Crippen molar-refractivity contribution >= 4 is 0 Å². The lowest BCUT2D eigenvalue weighted by Gasteiger charge is -2.22. The molecular weight excluding hydrogens is 248 g/mol. The van der Waals surface area contributed by atoms with E-state index in [1.165, 1.54) is 0 Å². The molecule has 1 fully saturated rings. The first-order valence-electron chi connectivity index (χ1n) is 6.35. The third kappa shape index (κ3) is 2.67. The van der Waals surface area contributed by atoms with Crippen molar-refractivity contribution in [2.45, 2.75) is 38.4 Å². The number of aryl methyl sites for hydroxylation is 2. The van der Waals surface area contributed by atoms with Crippen molar-refractivity contribution in [2.75, 3.05) is 27.9 Å². The normalized spacial score (nSPS) is 31.0. The molecule has 1 aliphatic rings. The minimum atomic E-state index is -0.288. The number of ether oxygens (including phenoxy) is 4. The van der Waals surface area contributed by atoms with Gasteiger partial charge in [-0.25, -0.2) is 4.68 Å². The van der Waals surface area contributed by atoms with Gasteiger partial charge in [-0.15, -0.1) is 0 Å². The molecule has 0 unspecified atom stereocenters. The molecule has 0 aliphatic carbocycles. The molecule has 108 valence electrons. The lowest BCUT2D eigenvalue weighted by Crippen LogP contribution is -2.37. The Bertz CT molecular complexity index is 421. The molecule has 1 aliphatic heterocycles. The molecule has 2 rings (SSSR count). The summed E-state index contributed by atoms with van der Waals surface area (Å²) in [6.07, 6.45) is -0.820. The number of hydrogen-bond acceptors (Lipinski definition) is 5. The van der Waals surface area contributed by atoms with Crippen LogP contribution in [0.2, 0.25) is 0 Å². The smallest absolute Gasteiger partial charge is 0.179 e. The van der Waals surface area contributed by atoms with E-state index in [9.17, 15) is 0 Å². The first-order valence-corrected chi connectivity index (χ1v) is 6.35. The average molecular weight is 270 g/mol. The van der Waals surface area contributed by atoms with E-state index in [2.05, 4.69) is 5.10 Å². The van der Waals surface area contributed by atoms with E-state index in [-0.39, 0.29) is 24.5 Å². The fourth-order valence-corrected chi connectivity index (χ4v) is 2.64. The summed E-state index contributed by atoms with van der Waals surface area (Å²) in [4.78, 5) is 0. The van der Waals surface area contributed by atoms with Crippen LogP contribution in [0.5, 0.6) is 0 Å². The molecular formula is C13H22N2O4. The SMILES string of the molecule is COC[C@H]1O[C@@H](n2nc(C)cc2C)[C@H](OC)[C@@H]1OC. The summed E-state index contributed by atoms with van der Waals surface area (Å²) in [5.41, 5.74) is 2.00. The standard InChI is InChI=1S/C13H22N2O4/c1-8-6-9(2)15(14-8)13-12(18-5)11(17-4)10(19-13)7-16-3/h6,10-13H,7H2,1-5H3/t10-,11-,12-,13-/m1/s1. The van der Waals surface area contributed by atoms with Crippen molar-refractivity contribution < 1.29 is 18.9 Å². The first-order chi connectivity index (χ1) is 9.12. The predicted molar refractivity (Wildman–Crippen MR) is 69.1 cm³/mol. The molecule has 0 spiro atoms. The molecule has 1 aromatic heterocycles. The van der Waals surface area contributed by atoms with Gasteiger partial charge in [-0.1, -0.05) is 0 Å². The predicted octanol–water partition coefficient (Wildman–Crippen LogP) is 1.07. The number of rotatable bonds is 5. The average Bonchev–Trinajstić information content (AvgIpc) is 2.89. The van der Waals surface area contributed by atoms with E-state index in [1.54, 1.807) is 21.3 Å². The van der Waals surface area contributed by atoms with Gasteiger partial charge in [0.05, 0.1) is 12.3 Å². The molecule has 6 nitrogen and oxygen atoms in total. The Morgan fingerprint density at radius 1 is 1.21 bits per heavy atom. The monoisotopic (exact) mass is 270 g/mol. The highest BCUT2D eigenvalue weighted by Crippen LogP contribution is 2.33. The first kappa shape index (κ1) is 14.5. The summed E-state index contributed by atoms with van der Waals surface area (Å²) >= 11 is 0. The Balaban J connectivity index is 2.27. The minimum absolute atomic E-state index is 0.158. The van der Waals surface area contributed by atoms with Gasteiger partial charge in [-0.05, 0) is 19.9 Å². The van der Waals surface area contributed by atoms with Gasteiger partial charge in [0, 0.05) is 27.0 Å². The Kier molecular flexibility index (Phi) is 4.57. The summed E-state index contributed by atoms with van der Waals surface area (Å²) in [7, 11) is 4.97. The Morgan fingerprint density at radius 3 is 2.37 bits per heavy atom. The lowest BCUT2D eigenvalue weighted by molar-refractivity contribution is -0.0716. The van der Waals surface area contributed by atoms with Crippen LogP contribution in [0.15, 0.2) is 6.07 Å². The Hall–Kier alpha value is -0.950. The third-order valence-corrected chi connectivity index (χ3v) is 3.45. The number of methoxy groups -OCH3 is 3. The van der Waals surface area contributed by atoms with Gasteiger partial charge >= 0.3 is 0 Å². The quantitative estimate of drug-likeness (QED) is 0.801. The zero-order valence-electron chi connectivity index (χ0n) is 12.1. The van der Waals surface area contributed by atoms with Gasteiger partial charge in [0.1, 0.15) is 18.3 Å². The number of hydrogen-bond donors (Lipinski definition) is 0. The molecule has 0 radical (unpaired) electrons. The molecule has 2 heterocycles. The molecule has 0 amide bonds. The minimum Gasteiger partial charge on any atom is -0.382 e. The topological polar surface area (TPSA) is 54.7 Å². The van der Waals surface area contributed by atoms with E-state index < -0.39 is 0 Å². The van der Waals surface area contributed by atoms with E-state index in [4.69, 9.17) is 18.9 Å². The van der Waals surface area contributed by atoms with Crippen molar-refractivity contribution in [1.82, 2.24) is 9.78 Å². The van der Waals surface area contributed by atoms with Crippen LogP contribution in [-0.4, -0.2) is 56.0 Å². The van der Waals surface area contributed by atoms with E-state index >= 15 is 0 Å². The molecule has 0 N–H and O–H groups in total. The number of nitrogens with zero attached hydrogens (tertiary/aromatic N) is 2. The van der Waals surface area contributed by atoms with Gasteiger partial charge in [0.25, 0.3) is 0 Å². The Labute approximate surface area is 113 Å². The van der Waals surface area contributed by atoms with Crippen LogP contribution >= 0.6 is 0 Å². The molecule has 0 saturated carbocycles. The highest BCUT2D eigenvalue weighted by molar-refractivity contribution is 5.08. The molecule has 1 aromatic rings. The van der Waals surface area contributed by atoms with E-state index in [0.29, 0.717) is 6.61 Å². The molecule has 6 heteroatoms. The van der Waals surface area contributed by atoms with Crippen LogP contribution in [-0.2, 0) is 18.9 Å². The molecule has 1 saturated heterocycles. The van der Waals surface area contributed by atoms with Crippen LogP contribution in [0, 0.1) is 13.8 Å². The molecule has 19 heavy (non-hydrogen) atoms. The summed E-state index contributed by atoms with van der Waals surface area (Å²) in [5.74, 6) is 0. The fourth-order valence-electron chi connectivity index (χ4n) is 2.64. The summed E-state index contributed by atoms with van der Waals surface area (Å²) in [6, 6.07) is 2.02. The maximum absolute atomic E-state index is 6.01. The van der Waals surface area contributed by atoms with Crippen LogP contribution in [0.3, 0.4) is 0 Å². The zero-order valence-corrected chi connectivity index (χ0v) is 12.1. The summed E-state index contributed by atoms with van der Waals surface area (Å²) < 4.78 is 24.1. The van der Waals surface area contributed by atoms with E-state index in [1.807, 2.05) is 24.6 Å². The second-order valence-electron chi connectivity index (χ2n) is 4.79. The summed E-state index contributed by atoms with van der Waals surface area (Å²) in [6.45, 7) is 4.43. The van der Waals surface area contributed by atoms with Crippen molar-refractivity contribution in [3.8, 4) is 0 Å². The lowest BCUT2D eigenvalue weighted by atomic mass is 10.1. The van der Waals surface area contributed by atoms with Crippen LogP contribution < -0.4 is 0 Å². The second-order valence-corrected chi connectivity index (χ2v) is 4.79. The van der Waals surface area contributed by atoms with Crippen molar-refractivity contribution in [1.29, 1.82) is 0 Å². The van der Waals surface area contributed by atoms with Gasteiger partial charge in [0.15, 0.2) is 6.23 Å². The summed E-state index contributed by atoms with van der Waals surface area (Å²) in [5, 5.41) is 4.47. The highest BCUT2D eigenvalue weighted by Gasteiger charge is 2.47.